The van der Waals surface area contributed by atoms with Crippen molar-refractivity contribution in [1.29, 1.82) is 0 Å². The van der Waals surface area contributed by atoms with Crippen molar-refractivity contribution in [3.63, 3.8) is 0 Å². The normalized spacial score (nSPS) is 12.6. The van der Waals surface area contributed by atoms with Gasteiger partial charge in [0.1, 0.15) is 18.0 Å². The predicted octanol–water partition coefficient (Wildman–Crippen LogP) is 7.23. The molecule has 0 fully saturated rings. The van der Waals surface area contributed by atoms with Crippen molar-refractivity contribution in [2.45, 2.75) is 72.6 Å². The number of amides is 1. The number of rotatable bonds is 7. The third-order valence-electron chi connectivity index (χ3n) is 5.25. The summed E-state index contributed by atoms with van der Waals surface area (Å²) in [6.07, 6.45) is 1.62. The van der Waals surface area contributed by atoms with E-state index in [1.165, 1.54) is 4.57 Å². The standard InChI is InChI=1S/C29H36BrN3O4/c1-28(2,3)17-23-18-33(27(35)37-29(4,5)6)25(31-23)24(16-20-12-14-22(30)15-13-20)32-26(34)36-19-21-10-8-7-9-11-21/h7-15,18,24H,16-17,19H2,1-6H3,(H,32,34). The first-order chi connectivity index (χ1) is 17.3. The third-order valence-corrected chi connectivity index (χ3v) is 5.78. The largest absolute Gasteiger partial charge is 0.445 e. The summed E-state index contributed by atoms with van der Waals surface area (Å²) in [7, 11) is 0. The van der Waals surface area contributed by atoms with Crippen LogP contribution in [0.4, 0.5) is 9.59 Å². The number of nitrogens with zero attached hydrogens (tertiary/aromatic N) is 2. The van der Waals surface area contributed by atoms with Gasteiger partial charge in [0.2, 0.25) is 0 Å². The lowest BCUT2D eigenvalue weighted by Crippen LogP contribution is -2.35. The van der Waals surface area contributed by atoms with E-state index in [1.54, 1.807) is 6.20 Å². The Morgan fingerprint density at radius 3 is 2.22 bits per heavy atom. The number of carbonyl (C=O) groups is 2. The Morgan fingerprint density at radius 1 is 0.973 bits per heavy atom. The highest BCUT2D eigenvalue weighted by atomic mass is 79.9. The highest BCUT2D eigenvalue weighted by Gasteiger charge is 2.29. The molecule has 0 aliphatic heterocycles. The molecule has 198 valence electrons. The van der Waals surface area contributed by atoms with Crippen molar-refractivity contribution in [1.82, 2.24) is 14.9 Å². The molecule has 0 saturated heterocycles. The van der Waals surface area contributed by atoms with E-state index in [4.69, 9.17) is 14.5 Å². The number of hydrogen-bond acceptors (Lipinski definition) is 5. The molecule has 37 heavy (non-hydrogen) atoms. The lowest BCUT2D eigenvalue weighted by molar-refractivity contribution is 0.0527. The van der Waals surface area contributed by atoms with Crippen molar-refractivity contribution in [3.05, 3.63) is 87.9 Å². The number of benzene rings is 2. The number of hydrogen-bond donors (Lipinski definition) is 1. The van der Waals surface area contributed by atoms with E-state index in [9.17, 15) is 9.59 Å². The zero-order valence-electron chi connectivity index (χ0n) is 22.4. The van der Waals surface area contributed by atoms with Crippen LogP contribution in [0.3, 0.4) is 0 Å². The fraction of sp³-hybridized carbons (Fsp3) is 0.414. The van der Waals surface area contributed by atoms with Gasteiger partial charge in [-0.3, -0.25) is 0 Å². The van der Waals surface area contributed by atoms with E-state index in [2.05, 4.69) is 42.0 Å². The Labute approximate surface area is 227 Å². The monoisotopic (exact) mass is 569 g/mol. The van der Waals surface area contributed by atoms with Gasteiger partial charge in [-0.1, -0.05) is 79.2 Å². The summed E-state index contributed by atoms with van der Waals surface area (Å²) in [6, 6.07) is 16.6. The van der Waals surface area contributed by atoms with Crippen molar-refractivity contribution in [3.8, 4) is 0 Å². The van der Waals surface area contributed by atoms with Gasteiger partial charge in [0.25, 0.3) is 0 Å². The molecule has 1 amide bonds. The Hall–Kier alpha value is -3.13. The molecule has 0 aliphatic rings. The Bertz CT molecular complexity index is 1190. The minimum Gasteiger partial charge on any atom is -0.445 e. The van der Waals surface area contributed by atoms with Crippen LogP contribution < -0.4 is 5.32 Å². The van der Waals surface area contributed by atoms with E-state index in [0.717, 1.165) is 21.3 Å². The van der Waals surface area contributed by atoms with Crippen molar-refractivity contribution < 1.29 is 19.1 Å². The topological polar surface area (TPSA) is 82.5 Å². The molecule has 1 atom stereocenters. The first-order valence-corrected chi connectivity index (χ1v) is 13.1. The molecular weight excluding hydrogens is 534 g/mol. The summed E-state index contributed by atoms with van der Waals surface area (Å²) in [6.45, 7) is 11.9. The summed E-state index contributed by atoms with van der Waals surface area (Å²) in [4.78, 5) is 30.9. The van der Waals surface area contributed by atoms with E-state index in [1.807, 2.05) is 75.4 Å². The quantitative estimate of drug-likeness (QED) is 0.324. The van der Waals surface area contributed by atoms with E-state index < -0.39 is 23.8 Å². The second kappa shape index (κ2) is 11.9. The van der Waals surface area contributed by atoms with Crippen LogP contribution in [0.5, 0.6) is 0 Å². The minimum absolute atomic E-state index is 0.0480. The molecule has 7 nitrogen and oxygen atoms in total. The summed E-state index contributed by atoms with van der Waals surface area (Å²) >= 11 is 3.46. The van der Waals surface area contributed by atoms with Gasteiger partial charge in [-0.15, -0.1) is 0 Å². The van der Waals surface area contributed by atoms with Crippen molar-refractivity contribution in [2.75, 3.05) is 0 Å². The first-order valence-electron chi connectivity index (χ1n) is 12.3. The summed E-state index contributed by atoms with van der Waals surface area (Å²) in [5, 5.41) is 2.94. The smallest absolute Gasteiger partial charge is 0.420 e. The number of nitrogens with one attached hydrogen (secondary N) is 1. The first kappa shape index (κ1) is 28.4. The third kappa shape index (κ3) is 9.35. The lowest BCUT2D eigenvalue weighted by Gasteiger charge is -2.23. The van der Waals surface area contributed by atoms with Gasteiger partial charge in [-0.05, 0) is 55.9 Å². The van der Waals surface area contributed by atoms with Crippen molar-refractivity contribution >= 4 is 28.1 Å². The van der Waals surface area contributed by atoms with E-state index >= 15 is 0 Å². The van der Waals surface area contributed by atoms with Gasteiger partial charge in [0.05, 0.1) is 11.7 Å². The molecule has 0 bridgehead atoms. The maximum absolute atomic E-state index is 13.2. The van der Waals surface area contributed by atoms with Crippen LogP contribution in [0.15, 0.2) is 65.3 Å². The van der Waals surface area contributed by atoms with Gasteiger partial charge in [0.15, 0.2) is 0 Å². The summed E-state index contributed by atoms with van der Waals surface area (Å²) in [5.74, 6) is 0.396. The predicted molar refractivity (Wildman–Crippen MR) is 147 cm³/mol. The molecule has 2 aromatic carbocycles. The van der Waals surface area contributed by atoms with Crippen LogP contribution in [0.25, 0.3) is 0 Å². The molecule has 0 aliphatic carbocycles. The highest BCUT2D eigenvalue weighted by Crippen LogP contribution is 2.25. The Morgan fingerprint density at radius 2 is 1.62 bits per heavy atom. The number of aromatic nitrogens is 2. The Kier molecular flexibility index (Phi) is 9.18. The molecule has 3 rings (SSSR count). The zero-order chi connectivity index (χ0) is 27.2. The van der Waals surface area contributed by atoms with Crippen molar-refractivity contribution in [2.24, 2.45) is 5.41 Å². The van der Waals surface area contributed by atoms with E-state index in [-0.39, 0.29) is 12.0 Å². The second-order valence-corrected chi connectivity index (χ2v) is 12.2. The van der Waals surface area contributed by atoms with Gasteiger partial charge < -0.3 is 14.8 Å². The minimum atomic E-state index is -0.688. The fourth-order valence-corrected chi connectivity index (χ4v) is 4.01. The average Bonchev–Trinajstić information content (AvgIpc) is 3.20. The van der Waals surface area contributed by atoms with Gasteiger partial charge >= 0.3 is 12.2 Å². The molecule has 0 spiro atoms. The number of ether oxygens (including phenoxy) is 2. The maximum atomic E-state index is 13.2. The molecule has 1 N–H and O–H groups in total. The van der Waals surface area contributed by atoms with Crippen LogP contribution in [0.1, 0.15) is 70.2 Å². The van der Waals surface area contributed by atoms with Crippen LogP contribution in [-0.4, -0.2) is 27.3 Å². The molecule has 1 unspecified atom stereocenters. The number of imidazole rings is 1. The van der Waals surface area contributed by atoms with Crippen LogP contribution in [-0.2, 0) is 28.9 Å². The number of alkyl carbamates (subject to hydrolysis) is 1. The molecule has 1 aromatic heterocycles. The number of halogens is 1. The highest BCUT2D eigenvalue weighted by molar-refractivity contribution is 9.10. The molecule has 3 aromatic rings. The van der Waals surface area contributed by atoms with Crippen LogP contribution in [0.2, 0.25) is 0 Å². The zero-order valence-corrected chi connectivity index (χ0v) is 24.0. The summed E-state index contributed by atoms with van der Waals surface area (Å²) < 4.78 is 13.5. The van der Waals surface area contributed by atoms with Gasteiger partial charge in [-0.25, -0.2) is 19.1 Å². The molecule has 0 saturated carbocycles. The summed E-state index contributed by atoms with van der Waals surface area (Å²) in [5.41, 5.74) is 1.85. The molecular formula is C29H36BrN3O4. The fourth-order valence-electron chi connectivity index (χ4n) is 3.75. The van der Waals surface area contributed by atoms with Crippen LogP contribution >= 0.6 is 15.9 Å². The molecule has 0 radical (unpaired) electrons. The average molecular weight is 571 g/mol. The molecule has 1 heterocycles. The molecule has 8 heteroatoms. The van der Waals surface area contributed by atoms with Crippen LogP contribution in [0, 0.1) is 5.41 Å². The Balaban J connectivity index is 1.94. The second-order valence-electron chi connectivity index (χ2n) is 11.3. The maximum Gasteiger partial charge on any atom is 0.420 e. The SMILES string of the molecule is CC(C)(C)Cc1cn(C(=O)OC(C)(C)C)c(C(Cc2ccc(Br)cc2)NC(=O)OCc2ccccc2)n1. The van der Waals surface area contributed by atoms with E-state index in [0.29, 0.717) is 18.7 Å². The lowest BCUT2D eigenvalue weighted by atomic mass is 9.91. The number of carbonyl (C=O) groups excluding carboxylic acids is 2. The van der Waals surface area contributed by atoms with Gasteiger partial charge in [0, 0.05) is 17.1 Å². The van der Waals surface area contributed by atoms with Gasteiger partial charge in [-0.2, -0.15) is 0 Å².